The number of hydrogen-bond donors (Lipinski definition) is 0. The van der Waals surface area contributed by atoms with Crippen molar-refractivity contribution >= 4 is 5.57 Å². The molecule has 0 fully saturated rings. The lowest BCUT2D eigenvalue weighted by Crippen LogP contribution is -1.87. The van der Waals surface area contributed by atoms with Crippen LogP contribution in [0.2, 0.25) is 0 Å². The van der Waals surface area contributed by atoms with Crippen LogP contribution in [0.15, 0.2) is 35.9 Å². The third kappa shape index (κ3) is 2.44. The van der Waals surface area contributed by atoms with Gasteiger partial charge in [-0.2, -0.15) is 15.8 Å². The van der Waals surface area contributed by atoms with Gasteiger partial charge >= 0.3 is 0 Å². The number of nitrogens with zero attached hydrogens (tertiary/aromatic N) is 3. The van der Waals surface area contributed by atoms with E-state index in [1.54, 1.807) is 24.3 Å². The van der Waals surface area contributed by atoms with E-state index in [1.807, 2.05) is 24.3 Å². The van der Waals surface area contributed by atoms with Crippen LogP contribution in [0.25, 0.3) is 5.57 Å². The standard InChI is InChI=1S/C12H7N3/c13-7-6-11(8-14)12(9-15)10-4-2-1-3-5-10/h1-5H,6H2/b12-11+. The summed E-state index contributed by atoms with van der Waals surface area (Å²) in [6.45, 7) is 0. The van der Waals surface area contributed by atoms with Gasteiger partial charge in [0, 0.05) is 0 Å². The molecule has 0 unspecified atom stereocenters. The normalized spacial score (nSPS) is 10.5. The van der Waals surface area contributed by atoms with Gasteiger partial charge in [-0.3, -0.25) is 0 Å². The molecule has 0 saturated carbocycles. The van der Waals surface area contributed by atoms with E-state index < -0.39 is 0 Å². The van der Waals surface area contributed by atoms with Crippen LogP contribution >= 0.6 is 0 Å². The van der Waals surface area contributed by atoms with Gasteiger partial charge in [-0.25, -0.2) is 0 Å². The fraction of sp³-hybridized carbons (Fsp3) is 0.0833. The summed E-state index contributed by atoms with van der Waals surface area (Å²) in [6, 6.07) is 14.6. The summed E-state index contributed by atoms with van der Waals surface area (Å²) in [4.78, 5) is 0. The molecule has 0 amide bonds. The molecule has 1 aromatic rings. The lowest BCUT2D eigenvalue weighted by Gasteiger charge is -1.99. The molecule has 0 aliphatic heterocycles. The van der Waals surface area contributed by atoms with E-state index in [1.165, 1.54) is 0 Å². The van der Waals surface area contributed by atoms with Crippen LogP contribution in [0.3, 0.4) is 0 Å². The average molecular weight is 193 g/mol. The Morgan fingerprint density at radius 1 is 1.00 bits per heavy atom. The third-order valence-corrected chi connectivity index (χ3v) is 1.87. The predicted octanol–water partition coefficient (Wildman–Crippen LogP) is 2.40. The van der Waals surface area contributed by atoms with Crippen LogP contribution in [0, 0.1) is 34.0 Å². The maximum atomic E-state index is 8.94. The van der Waals surface area contributed by atoms with Gasteiger partial charge in [-0.15, -0.1) is 0 Å². The van der Waals surface area contributed by atoms with E-state index in [2.05, 4.69) is 0 Å². The van der Waals surface area contributed by atoms with Gasteiger partial charge in [0.05, 0.1) is 29.7 Å². The fourth-order valence-electron chi connectivity index (χ4n) is 1.17. The molecule has 0 N–H and O–H groups in total. The first kappa shape index (κ1) is 10.5. The highest BCUT2D eigenvalue weighted by atomic mass is 14.3. The lowest BCUT2D eigenvalue weighted by molar-refractivity contribution is 1.27. The largest absolute Gasteiger partial charge is 0.198 e. The number of allylic oxidation sites excluding steroid dienone is 2. The second kappa shape index (κ2) is 5.22. The van der Waals surface area contributed by atoms with Crippen molar-refractivity contribution in [3.05, 3.63) is 41.5 Å². The van der Waals surface area contributed by atoms with Crippen molar-refractivity contribution < 1.29 is 0 Å². The zero-order valence-electron chi connectivity index (χ0n) is 7.94. The molecule has 3 nitrogen and oxygen atoms in total. The molecule has 0 aromatic heterocycles. The minimum atomic E-state index is -0.0334. The van der Waals surface area contributed by atoms with Crippen molar-refractivity contribution in [1.82, 2.24) is 0 Å². The minimum absolute atomic E-state index is 0.0334. The Kier molecular flexibility index (Phi) is 3.66. The van der Waals surface area contributed by atoms with Crippen molar-refractivity contribution in [3.63, 3.8) is 0 Å². The molecule has 0 spiro atoms. The van der Waals surface area contributed by atoms with E-state index in [0.29, 0.717) is 5.56 Å². The van der Waals surface area contributed by atoms with E-state index >= 15 is 0 Å². The summed E-state index contributed by atoms with van der Waals surface area (Å²) in [5.74, 6) is 0. The van der Waals surface area contributed by atoms with Gasteiger partial charge in [0.15, 0.2) is 0 Å². The topological polar surface area (TPSA) is 71.4 Å². The minimum Gasteiger partial charge on any atom is -0.198 e. The quantitative estimate of drug-likeness (QED) is 0.677. The van der Waals surface area contributed by atoms with Crippen molar-refractivity contribution in [2.45, 2.75) is 6.42 Å². The van der Waals surface area contributed by atoms with Gasteiger partial charge in [0.2, 0.25) is 0 Å². The van der Waals surface area contributed by atoms with Crippen molar-refractivity contribution in [2.75, 3.05) is 0 Å². The maximum absolute atomic E-state index is 8.94. The first-order valence-corrected chi connectivity index (χ1v) is 4.29. The van der Waals surface area contributed by atoms with Crippen LogP contribution in [0.5, 0.6) is 0 Å². The fourth-order valence-corrected chi connectivity index (χ4v) is 1.17. The molecule has 0 bridgehead atoms. The summed E-state index contributed by atoms with van der Waals surface area (Å²) in [5, 5.41) is 26.3. The van der Waals surface area contributed by atoms with E-state index in [4.69, 9.17) is 15.8 Å². The number of benzene rings is 1. The van der Waals surface area contributed by atoms with Crippen molar-refractivity contribution in [1.29, 1.82) is 15.8 Å². The van der Waals surface area contributed by atoms with Gasteiger partial charge in [0.25, 0.3) is 0 Å². The zero-order chi connectivity index (χ0) is 11.1. The highest BCUT2D eigenvalue weighted by molar-refractivity contribution is 5.81. The van der Waals surface area contributed by atoms with Crippen molar-refractivity contribution in [2.24, 2.45) is 0 Å². The summed E-state index contributed by atoms with van der Waals surface area (Å²) >= 11 is 0. The highest BCUT2D eigenvalue weighted by Gasteiger charge is 2.07. The SMILES string of the molecule is N#CC/C(C#N)=C(/C#N)c1ccccc1. The monoisotopic (exact) mass is 193 g/mol. The molecular weight excluding hydrogens is 186 g/mol. The summed E-state index contributed by atoms with van der Waals surface area (Å²) in [5.41, 5.74) is 1.16. The van der Waals surface area contributed by atoms with E-state index in [0.717, 1.165) is 0 Å². The van der Waals surface area contributed by atoms with Crippen LogP contribution in [-0.2, 0) is 0 Å². The Morgan fingerprint density at radius 3 is 2.13 bits per heavy atom. The maximum Gasteiger partial charge on any atom is 0.101 e. The van der Waals surface area contributed by atoms with Crippen LogP contribution in [0.4, 0.5) is 0 Å². The summed E-state index contributed by atoms with van der Waals surface area (Å²) in [6.07, 6.45) is -0.0334. The smallest absolute Gasteiger partial charge is 0.101 e. The molecule has 0 aliphatic rings. The van der Waals surface area contributed by atoms with Crippen LogP contribution in [0.1, 0.15) is 12.0 Å². The second-order valence-electron chi connectivity index (χ2n) is 2.78. The van der Waals surface area contributed by atoms with Gasteiger partial charge < -0.3 is 0 Å². The average Bonchev–Trinajstić information content (AvgIpc) is 2.30. The molecule has 1 aromatic carbocycles. The second-order valence-corrected chi connectivity index (χ2v) is 2.78. The highest BCUT2D eigenvalue weighted by Crippen LogP contribution is 2.19. The van der Waals surface area contributed by atoms with E-state index in [-0.39, 0.29) is 17.6 Å². The number of rotatable bonds is 2. The third-order valence-electron chi connectivity index (χ3n) is 1.87. The Balaban J connectivity index is 3.27. The Bertz CT molecular complexity index is 492. The van der Waals surface area contributed by atoms with Gasteiger partial charge in [0.1, 0.15) is 6.07 Å². The molecule has 0 saturated heterocycles. The molecule has 70 valence electrons. The molecule has 0 atom stereocenters. The predicted molar refractivity (Wildman–Crippen MR) is 54.8 cm³/mol. The Morgan fingerprint density at radius 2 is 1.67 bits per heavy atom. The van der Waals surface area contributed by atoms with Crippen molar-refractivity contribution in [3.8, 4) is 18.2 Å². The van der Waals surface area contributed by atoms with Gasteiger partial charge in [-0.05, 0) is 5.56 Å². The van der Waals surface area contributed by atoms with E-state index in [9.17, 15) is 0 Å². The Hall–Kier alpha value is -2.57. The summed E-state index contributed by atoms with van der Waals surface area (Å²) < 4.78 is 0. The number of hydrogen-bond acceptors (Lipinski definition) is 3. The molecular formula is C12H7N3. The molecule has 1 rings (SSSR count). The zero-order valence-corrected chi connectivity index (χ0v) is 7.94. The van der Waals surface area contributed by atoms with Crippen LogP contribution < -0.4 is 0 Å². The first-order chi connectivity index (χ1) is 7.33. The number of nitriles is 3. The molecule has 15 heavy (non-hydrogen) atoms. The lowest BCUT2D eigenvalue weighted by atomic mass is 10.0. The van der Waals surface area contributed by atoms with Crippen LogP contribution in [-0.4, -0.2) is 0 Å². The molecule has 0 radical (unpaired) electrons. The molecule has 3 heteroatoms. The summed E-state index contributed by atoms with van der Waals surface area (Å²) in [7, 11) is 0. The van der Waals surface area contributed by atoms with Gasteiger partial charge in [-0.1, -0.05) is 30.3 Å². The Labute approximate surface area is 88.1 Å². The molecule has 0 heterocycles. The molecule has 0 aliphatic carbocycles. The first-order valence-electron chi connectivity index (χ1n) is 4.29.